The van der Waals surface area contributed by atoms with Crippen molar-refractivity contribution < 1.29 is 9.53 Å². The van der Waals surface area contributed by atoms with Crippen molar-refractivity contribution >= 4 is 5.91 Å². The molecular weight excluding hydrogens is 218 g/mol. The van der Waals surface area contributed by atoms with E-state index in [1.54, 1.807) is 6.20 Å². The Balaban J connectivity index is 2.21. The number of aromatic nitrogens is 2. The lowest BCUT2D eigenvalue weighted by molar-refractivity contribution is -0.150. The van der Waals surface area contributed by atoms with E-state index in [1.165, 1.54) is 0 Å². The highest BCUT2D eigenvalue weighted by atomic mass is 16.5. The van der Waals surface area contributed by atoms with E-state index in [0.29, 0.717) is 26.1 Å². The van der Waals surface area contributed by atoms with E-state index in [-0.39, 0.29) is 5.91 Å². The van der Waals surface area contributed by atoms with Crippen LogP contribution in [0.5, 0.6) is 0 Å². The molecule has 17 heavy (non-hydrogen) atoms. The summed E-state index contributed by atoms with van der Waals surface area (Å²) in [5.74, 6) is 0.177. The van der Waals surface area contributed by atoms with Crippen molar-refractivity contribution in [3.05, 3.63) is 17.5 Å². The number of aromatic amines is 1. The van der Waals surface area contributed by atoms with Gasteiger partial charge in [-0.05, 0) is 19.4 Å². The predicted octanol–water partition coefficient (Wildman–Crippen LogP) is 1.20. The van der Waals surface area contributed by atoms with Crippen molar-refractivity contribution in [1.82, 2.24) is 15.1 Å². The Labute approximate surface area is 101 Å². The molecule has 1 aromatic heterocycles. The Bertz CT molecular complexity index is 416. The molecule has 1 amide bonds. The maximum atomic E-state index is 11.8. The number of amides is 1. The fraction of sp³-hybridized carbons (Fsp3) is 0.667. The standard InChI is InChI=1S/C12H19N3O2/c1-4-10(16)15-5-6-17-12(3,8-15)11-9(2)7-13-14-11/h7H,4-6,8H2,1-3H3,(H,13,14)/t12-/m1/s1. The Morgan fingerprint density at radius 3 is 3.06 bits per heavy atom. The average Bonchev–Trinajstić information content (AvgIpc) is 2.75. The highest BCUT2D eigenvalue weighted by Gasteiger charge is 2.37. The predicted molar refractivity (Wildman–Crippen MR) is 63.5 cm³/mol. The minimum atomic E-state index is -0.469. The second kappa shape index (κ2) is 4.49. The van der Waals surface area contributed by atoms with Gasteiger partial charge in [-0.25, -0.2) is 0 Å². The summed E-state index contributed by atoms with van der Waals surface area (Å²) in [5, 5.41) is 7.00. The molecule has 1 saturated heterocycles. The summed E-state index contributed by atoms with van der Waals surface area (Å²) >= 11 is 0. The number of rotatable bonds is 2. The van der Waals surface area contributed by atoms with Crippen LogP contribution in [0.15, 0.2) is 6.20 Å². The third kappa shape index (κ3) is 2.20. The maximum Gasteiger partial charge on any atom is 0.222 e. The van der Waals surface area contributed by atoms with Crippen LogP contribution in [0.1, 0.15) is 31.5 Å². The summed E-state index contributed by atoms with van der Waals surface area (Å²) in [4.78, 5) is 13.6. The van der Waals surface area contributed by atoms with Gasteiger partial charge in [-0.15, -0.1) is 0 Å². The van der Waals surface area contributed by atoms with Crippen LogP contribution in [-0.4, -0.2) is 40.7 Å². The minimum absolute atomic E-state index is 0.177. The Morgan fingerprint density at radius 2 is 2.47 bits per heavy atom. The number of nitrogens with one attached hydrogen (secondary N) is 1. The van der Waals surface area contributed by atoms with E-state index >= 15 is 0 Å². The first-order valence-corrected chi connectivity index (χ1v) is 5.99. The fourth-order valence-corrected chi connectivity index (χ4v) is 2.34. The lowest BCUT2D eigenvalue weighted by atomic mass is 9.97. The number of hydrogen-bond donors (Lipinski definition) is 1. The SMILES string of the molecule is CCC(=O)N1CCO[C@@](C)(c2[nH]ncc2C)C1. The number of morpholine rings is 1. The van der Waals surface area contributed by atoms with Crippen molar-refractivity contribution in [2.75, 3.05) is 19.7 Å². The van der Waals surface area contributed by atoms with Crippen LogP contribution in [0.3, 0.4) is 0 Å². The first kappa shape index (κ1) is 12.1. The monoisotopic (exact) mass is 237 g/mol. The molecule has 1 fully saturated rings. The molecule has 1 aliphatic rings. The average molecular weight is 237 g/mol. The molecule has 0 spiro atoms. The highest BCUT2D eigenvalue weighted by molar-refractivity contribution is 5.76. The normalized spacial score (nSPS) is 25.0. The maximum absolute atomic E-state index is 11.8. The molecule has 5 nitrogen and oxygen atoms in total. The summed E-state index contributed by atoms with van der Waals surface area (Å²) in [5.41, 5.74) is 1.56. The van der Waals surface area contributed by atoms with Crippen molar-refractivity contribution in [3.8, 4) is 0 Å². The topological polar surface area (TPSA) is 58.2 Å². The largest absolute Gasteiger partial charge is 0.365 e. The first-order chi connectivity index (χ1) is 8.07. The molecular formula is C12H19N3O2. The Kier molecular flexibility index (Phi) is 3.19. The highest BCUT2D eigenvalue weighted by Crippen LogP contribution is 2.30. The van der Waals surface area contributed by atoms with Gasteiger partial charge in [0.05, 0.1) is 25.0 Å². The van der Waals surface area contributed by atoms with Gasteiger partial charge in [-0.1, -0.05) is 6.92 Å². The molecule has 0 aliphatic carbocycles. The zero-order chi connectivity index (χ0) is 12.5. The van der Waals surface area contributed by atoms with Crippen molar-refractivity contribution in [2.45, 2.75) is 32.8 Å². The molecule has 0 aromatic carbocycles. The van der Waals surface area contributed by atoms with Crippen LogP contribution in [0, 0.1) is 6.92 Å². The smallest absolute Gasteiger partial charge is 0.222 e. The lowest BCUT2D eigenvalue weighted by Gasteiger charge is -2.40. The molecule has 2 rings (SSSR count). The molecule has 94 valence electrons. The van der Waals surface area contributed by atoms with Gasteiger partial charge in [0.15, 0.2) is 0 Å². The van der Waals surface area contributed by atoms with Crippen LogP contribution >= 0.6 is 0 Å². The van der Waals surface area contributed by atoms with Gasteiger partial charge in [0.25, 0.3) is 0 Å². The van der Waals surface area contributed by atoms with E-state index in [0.717, 1.165) is 11.3 Å². The zero-order valence-electron chi connectivity index (χ0n) is 10.6. The Morgan fingerprint density at radius 1 is 1.71 bits per heavy atom. The first-order valence-electron chi connectivity index (χ1n) is 5.99. The van der Waals surface area contributed by atoms with Gasteiger partial charge in [0, 0.05) is 13.0 Å². The van der Waals surface area contributed by atoms with Gasteiger partial charge in [0.1, 0.15) is 5.60 Å². The second-order valence-electron chi connectivity index (χ2n) is 4.68. The van der Waals surface area contributed by atoms with Crippen LogP contribution in [0.2, 0.25) is 0 Å². The van der Waals surface area contributed by atoms with Crippen LogP contribution in [-0.2, 0) is 15.1 Å². The Hall–Kier alpha value is -1.36. The molecule has 0 unspecified atom stereocenters. The quantitative estimate of drug-likeness (QED) is 0.841. The number of H-pyrrole nitrogens is 1. The third-order valence-corrected chi connectivity index (χ3v) is 3.29. The number of nitrogens with zero attached hydrogens (tertiary/aromatic N) is 2. The van der Waals surface area contributed by atoms with E-state index < -0.39 is 5.60 Å². The fourth-order valence-electron chi connectivity index (χ4n) is 2.34. The molecule has 0 bridgehead atoms. The van der Waals surface area contributed by atoms with E-state index in [2.05, 4.69) is 10.2 Å². The van der Waals surface area contributed by atoms with E-state index in [1.807, 2.05) is 25.7 Å². The summed E-state index contributed by atoms with van der Waals surface area (Å²) in [7, 11) is 0. The molecule has 1 atom stereocenters. The van der Waals surface area contributed by atoms with E-state index in [4.69, 9.17) is 4.74 Å². The van der Waals surface area contributed by atoms with Gasteiger partial charge in [-0.2, -0.15) is 5.10 Å². The van der Waals surface area contributed by atoms with Gasteiger partial charge in [0.2, 0.25) is 5.91 Å². The molecule has 2 heterocycles. The van der Waals surface area contributed by atoms with E-state index in [9.17, 15) is 4.79 Å². The van der Waals surface area contributed by atoms with Gasteiger partial charge < -0.3 is 9.64 Å². The molecule has 0 radical (unpaired) electrons. The number of carbonyl (C=O) groups excluding carboxylic acids is 1. The van der Waals surface area contributed by atoms with Crippen LogP contribution < -0.4 is 0 Å². The van der Waals surface area contributed by atoms with Crippen LogP contribution in [0.25, 0.3) is 0 Å². The summed E-state index contributed by atoms with van der Waals surface area (Å²) < 4.78 is 5.85. The second-order valence-corrected chi connectivity index (χ2v) is 4.68. The molecule has 1 N–H and O–H groups in total. The zero-order valence-corrected chi connectivity index (χ0v) is 10.6. The molecule has 1 aliphatic heterocycles. The number of carbonyl (C=O) groups is 1. The summed E-state index contributed by atoms with van der Waals surface area (Å²) in [6.07, 6.45) is 2.32. The van der Waals surface area contributed by atoms with Gasteiger partial charge >= 0.3 is 0 Å². The number of aryl methyl sites for hydroxylation is 1. The summed E-state index contributed by atoms with van der Waals surface area (Å²) in [6, 6.07) is 0. The third-order valence-electron chi connectivity index (χ3n) is 3.29. The van der Waals surface area contributed by atoms with Crippen LogP contribution in [0.4, 0.5) is 0 Å². The van der Waals surface area contributed by atoms with Gasteiger partial charge in [-0.3, -0.25) is 9.89 Å². The molecule has 5 heteroatoms. The van der Waals surface area contributed by atoms with Crippen molar-refractivity contribution in [3.63, 3.8) is 0 Å². The number of hydrogen-bond acceptors (Lipinski definition) is 3. The summed E-state index contributed by atoms with van der Waals surface area (Å²) in [6.45, 7) is 7.71. The molecule has 1 aromatic rings. The van der Waals surface area contributed by atoms with Crippen molar-refractivity contribution in [2.24, 2.45) is 0 Å². The minimum Gasteiger partial charge on any atom is -0.365 e. The van der Waals surface area contributed by atoms with Crippen molar-refractivity contribution in [1.29, 1.82) is 0 Å². The lowest BCUT2D eigenvalue weighted by Crippen LogP contribution is -2.50. The molecule has 0 saturated carbocycles. The number of ether oxygens (including phenoxy) is 1.